The molecule has 0 aliphatic rings. The number of halogens is 5. The zero-order valence-electron chi connectivity index (χ0n) is 8.42. The first kappa shape index (κ1) is 15.1. The molecule has 0 N–H and O–H groups in total. The molecule has 0 heterocycles. The number of hydrogen-bond acceptors (Lipinski definition) is 3. The van der Waals surface area contributed by atoms with Crippen molar-refractivity contribution in [2.75, 3.05) is 5.33 Å². The lowest BCUT2D eigenvalue weighted by Gasteiger charge is -2.09. The minimum atomic E-state index is -4.68. The van der Waals surface area contributed by atoms with E-state index in [4.69, 9.17) is 0 Å². The van der Waals surface area contributed by atoms with Crippen molar-refractivity contribution in [1.82, 2.24) is 0 Å². The van der Waals surface area contributed by atoms with Crippen LogP contribution in [0, 0.1) is 10.1 Å². The van der Waals surface area contributed by atoms with Gasteiger partial charge in [0.05, 0.1) is 25.9 Å². The molecule has 1 aromatic carbocycles. The molecular weight excluding hydrogens is 387 g/mol. The number of nitro benzene ring substituents is 1. The molecule has 0 amide bonds. The highest BCUT2D eigenvalue weighted by Crippen LogP contribution is 2.37. The van der Waals surface area contributed by atoms with Crippen molar-refractivity contribution in [3.63, 3.8) is 0 Å². The maximum absolute atomic E-state index is 12.5. The van der Waals surface area contributed by atoms with Crippen LogP contribution >= 0.6 is 31.9 Å². The summed E-state index contributed by atoms with van der Waals surface area (Å²) in [7, 11) is 0. The van der Waals surface area contributed by atoms with Crippen molar-refractivity contribution in [3.8, 4) is 0 Å². The van der Waals surface area contributed by atoms with Crippen molar-refractivity contribution in [1.29, 1.82) is 0 Å². The van der Waals surface area contributed by atoms with Gasteiger partial charge in [0.15, 0.2) is 5.78 Å². The number of ketones is 1. The number of nitrogens with zero attached hydrogens (tertiary/aromatic N) is 1. The lowest BCUT2D eigenvalue weighted by Crippen LogP contribution is -2.11. The summed E-state index contributed by atoms with van der Waals surface area (Å²) in [5, 5.41) is 10.4. The quantitative estimate of drug-likeness (QED) is 0.340. The second-order valence-electron chi connectivity index (χ2n) is 3.17. The Morgan fingerprint density at radius 2 is 1.94 bits per heavy atom. The molecule has 0 unspecified atom stereocenters. The summed E-state index contributed by atoms with van der Waals surface area (Å²) in [5.74, 6) is -0.798. The van der Waals surface area contributed by atoms with E-state index in [9.17, 15) is 28.1 Å². The summed E-state index contributed by atoms with van der Waals surface area (Å²) in [6, 6.07) is 1.05. The molecule has 18 heavy (non-hydrogen) atoms. The van der Waals surface area contributed by atoms with Crippen LogP contribution < -0.4 is 0 Å². The zero-order valence-corrected chi connectivity index (χ0v) is 11.6. The monoisotopic (exact) mass is 389 g/mol. The van der Waals surface area contributed by atoms with Gasteiger partial charge in [-0.1, -0.05) is 15.9 Å². The summed E-state index contributed by atoms with van der Waals surface area (Å²) in [5.41, 5.74) is -2.38. The lowest BCUT2D eigenvalue weighted by molar-refractivity contribution is -0.386. The molecule has 1 rings (SSSR count). The summed E-state index contributed by atoms with van der Waals surface area (Å²) in [6.45, 7) is 0. The predicted octanol–water partition coefficient (Wildman–Crippen LogP) is 3.95. The van der Waals surface area contributed by atoms with Crippen LogP contribution in [0.15, 0.2) is 16.6 Å². The van der Waals surface area contributed by atoms with Gasteiger partial charge in [-0.2, -0.15) is 13.2 Å². The normalized spacial score (nSPS) is 11.4. The van der Waals surface area contributed by atoms with E-state index < -0.39 is 33.7 Å². The highest BCUT2D eigenvalue weighted by Gasteiger charge is 2.35. The largest absolute Gasteiger partial charge is 0.416 e. The van der Waals surface area contributed by atoms with E-state index >= 15 is 0 Å². The highest BCUT2D eigenvalue weighted by atomic mass is 79.9. The van der Waals surface area contributed by atoms with E-state index in [2.05, 4.69) is 31.9 Å². The molecule has 0 fully saturated rings. The molecule has 4 nitrogen and oxygen atoms in total. The minimum Gasteiger partial charge on any atom is -0.293 e. The molecule has 0 bridgehead atoms. The van der Waals surface area contributed by atoms with Gasteiger partial charge in [0.2, 0.25) is 0 Å². The van der Waals surface area contributed by atoms with E-state index in [1.54, 1.807) is 0 Å². The molecule has 0 aromatic heterocycles. The molecule has 0 radical (unpaired) electrons. The fourth-order valence-corrected chi connectivity index (χ4v) is 2.14. The van der Waals surface area contributed by atoms with Crippen molar-refractivity contribution in [2.45, 2.75) is 6.18 Å². The number of hydrogen-bond donors (Lipinski definition) is 0. The van der Waals surface area contributed by atoms with Gasteiger partial charge in [-0.25, -0.2) is 0 Å². The van der Waals surface area contributed by atoms with Crippen LogP contribution in [-0.2, 0) is 6.18 Å². The van der Waals surface area contributed by atoms with Crippen LogP contribution in [-0.4, -0.2) is 16.0 Å². The number of nitro groups is 1. The fourth-order valence-electron chi connectivity index (χ4n) is 1.23. The lowest BCUT2D eigenvalue weighted by atomic mass is 10.1. The Hall–Kier alpha value is -0.960. The Labute approximate surface area is 116 Å². The first-order valence-electron chi connectivity index (χ1n) is 4.32. The van der Waals surface area contributed by atoms with E-state index in [1.807, 2.05) is 0 Å². The zero-order chi connectivity index (χ0) is 14.1. The van der Waals surface area contributed by atoms with Gasteiger partial charge in [0.25, 0.3) is 5.69 Å². The van der Waals surface area contributed by atoms with Gasteiger partial charge in [0, 0.05) is 0 Å². The van der Waals surface area contributed by atoms with Crippen molar-refractivity contribution >= 4 is 43.3 Å². The average molecular weight is 391 g/mol. The van der Waals surface area contributed by atoms with Crippen LogP contribution in [0.4, 0.5) is 18.9 Å². The van der Waals surface area contributed by atoms with E-state index in [1.165, 1.54) is 0 Å². The van der Waals surface area contributed by atoms with Crippen molar-refractivity contribution in [2.24, 2.45) is 0 Å². The number of rotatable bonds is 3. The van der Waals surface area contributed by atoms with Gasteiger partial charge in [-0.05, 0) is 28.1 Å². The third-order valence-corrected chi connectivity index (χ3v) is 3.11. The molecule has 0 saturated heterocycles. The van der Waals surface area contributed by atoms with E-state index in [-0.39, 0.29) is 9.80 Å². The number of benzene rings is 1. The third kappa shape index (κ3) is 3.08. The van der Waals surface area contributed by atoms with Gasteiger partial charge in [-0.15, -0.1) is 0 Å². The van der Waals surface area contributed by atoms with Crippen LogP contribution in [0.2, 0.25) is 0 Å². The van der Waals surface area contributed by atoms with Crippen LogP contribution in [0.1, 0.15) is 15.9 Å². The summed E-state index contributed by atoms with van der Waals surface area (Å²) >= 11 is 5.44. The molecular formula is C9H4Br2F3NO3. The molecule has 9 heteroatoms. The van der Waals surface area contributed by atoms with E-state index in [0.29, 0.717) is 12.1 Å². The van der Waals surface area contributed by atoms with Crippen molar-refractivity contribution in [3.05, 3.63) is 37.8 Å². The number of Topliss-reactive ketones (excluding diaryl/α,β-unsaturated/α-hetero) is 1. The summed E-state index contributed by atoms with van der Waals surface area (Å²) in [4.78, 5) is 21.3. The van der Waals surface area contributed by atoms with Gasteiger partial charge < -0.3 is 0 Å². The first-order chi connectivity index (χ1) is 8.18. The Morgan fingerprint density at radius 3 is 2.33 bits per heavy atom. The Balaban J connectivity index is 3.57. The van der Waals surface area contributed by atoms with Gasteiger partial charge in [0.1, 0.15) is 0 Å². The Bertz CT molecular complexity index is 517. The SMILES string of the molecule is O=C(CBr)c1cc(C(F)(F)F)cc(Br)c1[N+](=O)[O-]. The molecule has 0 aliphatic heterocycles. The van der Waals surface area contributed by atoms with E-state index in [0.717, 1.165) is 0 Å². The number of carbonyl (C=O) groups is 1. The van der Waals surface area contributed by atoms with Crippen LogP contribution in [0.25, 0.3) is 0 Å². The first-order valence-corrected chi connectivity index (χ1v) is 6.24. The maximum Gasteiger partial charge on any atom is 0.416 e. The molecule has 0 aliphatic carbocycles. The highest BCUT2D eigenvalue weighted by molar-refractivity contribution is 9.10. The second kappa shape index (κ2) is 5.35. The smallest absolute Gasteiger partial charge is 0.293 e. The molecule has 0 atom stereocenters. The number of carbonyl (C=O) groups excluding carboxylic acids is 1. The van der Waals surface area contributed by atoms with Gasteiger partial charge in [-0.3, -0.25) is 14.9 Å². The maximum atomic E-state index is 12.5. The molecule has 1 aromatic rings. The topological polar surface area (TPSA) is 60.2 Å². The van der Waals surface area contributed by atoms with Gasteiger partial charge >= 0.3 is 6.18 Å². The Kier molecular flexibility index (Phi) is 4.49. The molecule has 98 valence electrons. The van der Waals surface area contributed by atoms with Crippen LogP contribution in [0.5, 0.6) is 0 Å². The fraction of sp³-hybridized carbons (Fsp3) is 0.222. The minimum absolute atomic E-state index is 0.304. The number of alkyl halides is 4. The van der Waals surface area contributed by atoms with Crippen LogP contribution in [0.3, 0.4) is 0 Å². The average Bonchev–Trinajstić information content (AvgIpc) is 2.25. The second-order valence-corrected chi connectivity index (χ2v) is 4.58. The molecule has 0 saturated carbocycles. The van der Waals surface area contributed by atoms with Crippen molar-refractivity contribution < 1.29 is 22.9 Å². The predicted molar refractivity (Wildman–Crippen MR) is 63.9 cm³/mol. The Morgan fingerprint density at radius 1 is 1.39 bits per heavy atom. The summed E-state index contributed by atoms with van der Waals surface area (Å²) < 4.78 is 37.2. The molecule has 0 spiro atoms. The third-order valence-electron chi connectivity index (χ3n) is 2.00. The standard InChI is InChI=1S/C9H4Br2F3NO3/c10-3-7(16)5-1-4(9(12,13)14)2-6(11)8(5)15(17)18/h1-2H,3H2. The summed E-state index contributed by atoms with van der Waals surface area (Å²) in [6.07, 6.45) is -4.68.